The number of aliphatic carboxylic acids is 1. The van der Waals surface area contributed by atoms with E-state index in [2.05, 4.69) is 10.2 Å². The largest absolute Gasteiger partial charge is 0.497 e. The highest BCUT2D eigenvalue weighted by Crippen LogP contribution is 2.28. The molecule has 0 bridgehead atoms. The summed E-state index contributed by atoms with van der Waals surface area (Å²) < 4.78 is 10.4. The highest BCUT2D eigenvalue weighted by atomic mass is 32.2. The normalized spacial score (nSPS) is 11.4. The lowest BCUT2D eigenvalue weighted by Gasteiger charge is -2.01. The summed E-state index contributed by atoms with van der Waals surface area (Å²) in [6, 6.07) is 7.07. The average molecular weight is 306 g/mol. The molecule has 1 aromatic heterocycles. The fourth-order valence-corrected chi connectivity index (χ4v) is 2.19. The molecule has 110 valence electrons. The number of carboxylic acid groups (broad SMARTS) is 1. The third kappa shape index (κ3) is 4.09. The number of thioether (sulfide) groups is 1. The van der Waals surface area contributed by atoms with Gasteiger partial charge in [-0.25, -0.2) is 4.79 Å². The first kappa shape index (κ1) is 15.1. The molecule has 0 fully saturated rings. The molecular formula is C14H14N2O4S. The standard InChI is InChI=1S/C14H14N2O4S/c1-3-12-15-16-14(20-12)21-11(13(17)18)8-9-4-6-10(19-2)7-5-9/h4-8H,3H2,1-2H3,(H,17,18)/b11-8-. The maximum Gasteiger partial charge on any atom is 0.342 e. The molecule has 0 atom stereocenters. The van der Waals surface area contributed by atoms with Crippen LogP contribution in [-0.4, -0.2) is 28.4 Å². The summed E-state index contributed by atoms with van der Waals surface area (Å²) in [6.45, 7) is 1.88. The molecule has 6 nitrogen and oxygen atoms in total. The van der Waals surface area contributed by atoms with E-state index in [0.717, 1.165) is 17.3 Å². The summed E-state index contributed by atoms with van der Waals surface area (Å²) in [5, 5.41) is 17.1. The number of carboxylic acids is 1. The molecular weight excluding hydrogens is 292 g/mol. The average Bonchev–Trinajstić information content (AvgIpc) is 2.95. The molecule has 2 aromatic rings. The summed E-state index contributed by atoms with van der Waals surface area (Å²) in [6.07, 6.45) is 2.15. The van der Waals surface area contributed by atoms with Crippen molar-refractivity contribution < 1.29 is 19.1 Å². The van der Waals surface area contributed by atoms with Crippen molar-refractivity contribution in [1.82, 2.24) is 10.2 Å². The topological polar surface area (TPSA) is 85.5 Å². The fourth-order valence-electron chi connectivity index (χ4n) is 1.50. The van der Waals surface area contributed by atoms with Gasteiger partial charge in [0.15, 0.2) is 0 Å². The highest BCUT2D eigenvalue weighted by Gasteiger charge is 2.14. The molecule has 0 saturated carbocycles. The number of hydrogen-bond acceptors (Lipinski definition) is 6. The number of aryl methyl sites for hydroxylation is 1. The second-order valence-corrected chi connectivity index (χ2v) is 5.00. The van der Waals surface area contributed by atoms with Crippen LogP contribution in [0.4, 0.5) is 0 Å². The maximum atomic E-state index is 11.3. The van der Waals surface area contributed by atoms with Crippen molar-refractivity contribution in [1.29, 1.82) is 0 Å². The Bertz CT molecular complexity index is 649. The van der Waals surface area contributed by atoms with Gasteiger partial charge < -0.3 is 14.3 Å². The van der Waals surface area contributed by atoms with Gasteiger partial charge in [0.1, 0.15) is 10.7 Å². The molecule has 0 amide bonds. The van der Waals surface area contributed by atoms with Gasteiger partial charge in [-0.15, -0.1) is 10.2 Å². The van der Waals surface area contributed by atoms with Crippen LogP contribution in [0.2, 0.25) is 0 Å². The van der Waals surface area contributed by atoms with Gasteiger partial charge in [0, 0.05) is 6.42 Å². The molecule has 0 aliphatic heterocycles. The summed E-state index contributed by atoms with van der Waals surface area (Å²) >= 11 is 0.928. The van der Waals surface area contributed by atoms with Crippen LogP contribution in [0.15, 0.2) is 38.8 Å². The number of ether oxygens (including phenoxy) is 1. The zero-order chi connectivity index (χ0) is 15.2. The van der Waals surface area contributed by atoms with Gasteiger partial charge in [0.2, 0.25) is 5.89 Å². The quantitative estimate of drug-likeness (QED) is 0.648. The van der Waals surface area contributed by atoms with E-state index in [1.54, 1.807) is 37.5 Å². The van der Waals surface area contributed by atoms with E-state index in [1.807, 2.05) is 6.92 Å². The first-order valence-corrected chi connectivity index (χ1v) is 7.03. The minimum absolute atomic E-state index is 0.103. The molecule has 0 unspecified atom stereocenters. The van der Waals surface area contributed by atoms with E-state index in [0.29, 0.717) is 18.1 Å². The smallest absolute Gasteiger partial charge is 0.342 e. The van der Waals surface area contributed by atoms with Crippen molar-refractivity contribution in [2.45, 2.75) is 18.6 Å². The molecule has 2 rings (SSSR count). The first-order chi connectivity index (χ1) is 10.1. The van der Waals surface area contributed by atoms with Crippen LogP contribution in [0.5, 0.6) is 5.75 Å². The van der Waals surface area contributed by atoms with Crippen LogP contribution < -0.4 is 4.74 Å². The Hall–Kier alpha value is -2.28. The zero-order valence-corrected chi connectivity index (χ0v) is 12.4. The number of nitrogens with zero attached hydrogens (tertiary/aromatic N) is 2. The van der Waals surface area contributed by atoms with E-state index in [9.17, 15) is 9.90 Å². The molecule has 0 aliphatic carbocycles. The fraction of sp³-hybridized carbons (Fsp3) is 0.214. The van der Waals surface area contributed by atoms with Gasteiger partial charge in [-0.2, -0.15) is 0 Å². The van der Waals surface area contributed by atoms with Gasteiger partial charge in [-0.1, -0.05) is 19.1 Å². The lowest BCUT2D eigenvalue weighted by Crippen LogP contribution is -1.96. The molecule has 0 aliphatic rings. The molecule has 0 saturated heterocycles. The summed E-state index contributed by atoms with van der Waals surface area (Å²) in [5.41, 5.74) is 0.746. The molecule has 21 heavy (non-hydrogen) atoms. The lowest BCUT2D eigenvalue weighted by atomic mass is 10.2. The number of benzene rings is 1. The molecule has 1 heterocycles. The molecule has 0 radical (unpaired) electrons. The van der Waals surface area contributed by atoms with Gasteiger partial charge in [-0.3, -0.25) is 0 Å². The van der Waals surface area contributed by atoms with Crippen molar-refractivity contribution in [2.75, 3.05) is 7.11 Å². The molecule has 7 heteroatoms. The predicted octanol–water partition coefficient (Wildman–Crippen LogP) is 2.86. The predicted molar refractivity (Wildman–Crippen MR) is 78.1 cm³/mol. The maximum absolute atomic E-state index is 11.3. The van der Waals surface area contributed by atoms with Crippen molar-refractivity contribution in [3.63, 3.8) is 0 Å². The third-order valence-electron chi connectivity index (χ3n) is 2.57. The van der Waals surface area contributed by atoms with Crippen molar-refractivity contribution in [3.8, 4) is 5.75 Å². The number of rotatable bonds is 6. The Morgan fingerprint density at radius 2 is 2.10 bits per heavy atom. The van der Waals surface area contributed by atoms with E-state index in [1.165, 1.54) is 0 Å². The second kappa shape index (κ2) is 6.94. The van der Waals surface area contributed by atoms with Gasteiger partial charge in [0.25, 0.3) is 5.22 Å². The number of aromatic nitrogens is 2. The minimum Gasteiger partial charge on any atom is -0.497 e. The van der Waals surface area contributed by atoms with Crippen LogP contribution in [0.25, 0.3) is 6.08 Å². The monoisotopic (exact) mass is 306 g/mol. The Balaban J connectivity index is 2.20. The van der Waals surface area contributed by atoms with Gasteiger partial charge in [-0.05, 0) is 35.5 Å². The van der Waals surface area contributed by atoms with Crippen molar-refractivity contribution >= 4 is 23.8 Å². The van der Waals surface area contributed by atoms with Crippen LogP contribution in [0.1, 0.15) is 18.4 Å². The van der Waals surface area contributed by atoms with Gasteiger partial charge in [0.05, 0.1) is 7.11 Å². The summed E-state index contributed by atoms with van der Waals surface area (Å²) in [7, 11) is 1.57. The number of hydrogen-bond donors (Lipinski definition) is 1. The van der Waals surface area contributed by atoms with E-state index >= 15 is 0 Å². The molecule has 0 spiro atoms. The van der Waals surface area contributed by atoms with Crippen LogP contribution in [0.3, 0.4) is 0 Å². The highest BCUT2D eigenvalue weighted by molar-refractivity contribution is 8.03. The summed E-state index contributed by atoms with van der Waals surface area (Å²) in [4.78, 5) is 11.4. The Morgan fingerprint density at radius 1 is 1.38 bits per heavy atom. The number of carbonyl (C=O) groups is 1. The Morgan fingerprint density at radius 3 is 2.62 bits per heavy atom. The van der Waals surface area contributed by atoms with Crippen molar-refractivity contribution in [3.05, 3.63) is 40.6 Å². The SMILES string of the molecule is CCc1nnc(S/C(=C\c2ccc(OC)cc2)C(=O)O)o1. The third-order valence-corrected chi connectivity index (χ3v) is 3.42. The molecule has 1 N–H and O–H groups in total. The summed E-state index contributed by atoms with van der Waals surface area (Å²) in [5.74, 6) is 0.139. The van der Waals surface area contributed by atoms with Crippen LogP contribution in [0, 0.1) is 0 Å². The van der Waals surface area contributed by atoms with E-state index < -0.39 is 5.97 Å². The second-order valence-electron chi connectivity index (χ2n) is 4.00. The molecule has 1 aromatic carbocycles. The lowest BCUT2D eigenvalue weighted by molar-refractivity contribution is -0.131. The Kier molecular flexibility index (Phi) is 4.99. The van der Waals surface area contributed by atoms with E-state index in [4.69, 9.17) is 9.15 Å². The minimum atomic E-state index is -1.05. The number of methoxy groups -OCH3 is 1. The van der Waals surface area contributed by atoms with Crippen LogP contribution in [-0.2, 0) is 11.2 Å². The first-order valence-electron chi connectivity index (χ1n) is 6.21. The van der Waals surface area contributed by atoms with Crippen LogP contribution >= 0.6 is 11.8 Å². The van der Waals surface area contributed by atoms with Crippen molar-refractivity contribution in [2.24, 2.45) is 0 Å². The van der Waals surface area contributed by atoms with Gasteiger partial charge >= 0.3 is 5.97 Å². The zero-order valence-electron chi connectivity index (χ0n) is 11.6. The van der Waals surface area contributed by atoms with E-state index in [-0.39, 0.29) is 10.1 Å². The Labute approximate surface area is 125 Å².